The summed E-state index contributed by atoms with van der Waals surface area (Å²) < 4.78 is 13.4. The Morgan fingerprint density at radius 3 is 2.80 bits per heavy atom. The summed E-state index contributed by atoms with van der Waals surface area (Å²) >= 11 is 0. The Morgan fingerprint density at radius 1 is 1.40 bits per heavy atom. The van der Waals surface area contributed by atoms with Gasteiger partial charge in [-0.2, -0.15) is 0 Å². The van der Waals surface area contributed by atoms with Gasteiger partial charge in [0, 0.05) is 11.7 Å². The molecule has 0 radical (unpaired) electrons. The maximum Gasteiger partial charge on any atom is 0.251 e. The van der Waals surface area contributed by atoms with Crippen molar-refractivity contribution in [3.05, 3.63) is 29.6 Å². The smallest absolute Gasteiger partial charge is 0.251 e. The molecule has 1 amide bonds. The van der Waals surface area contributed by atoms with Crippen LogP contribution in [0.1, 0.15) is 49.9 Å². The normalized spacial score (nSPS) is 22.8. The summed E-state index contributed by atoms with van der Waals surface area (Å²) in [4.78, 5) is 11.2. The van der Waals surface area contributed by atoms with Crippen LogP contribution in [-0.2, 0) is 0 Å². The van der Waals surface area contributed by atoms with Crippen molar-refractivity contribution in [3.63, 3.8) is 0 Å². The summed E-state index contributed by atoms with van der Waals surface area (Å²) in [6.07, 6.45) is 4.74. The maximum atomic E-state index is 13.4. The van der Waals surface area contributed by atoms with Gasteiger partial charge in [0.25, 0.3) is 5.91 Å². The average molecular weight is 278 g/mol. The number of nitrogens with one attached hydrogen (secondary N) is 1. The molecule has 110 valence electrons. The summed E-state index contributed by atoms with van der Waals surface area (Å²) in [6.45, 7) is 4.52. The fourth-order valence-corrected chi connectivity index (χ4v) is 3.00. The molecule has 20 heavy (non-hydrogen) atoms. The second-order valence-electron chi connectivity index (χ2n) is 6.07. The number of nitrogens with two attached hydrogens (primary N) is 1. The van der Waals surface area contributed by atoms with Crippen LogP contribution in [0.4, 0.5) is 10.1 Å². The monoisotopic (exact) mass is 278 g/mol. The van der Waals surface area contributed by atoms with Gasteiger partial charge in [-0.15, -0.1) is 0 Å². The van der Waals surface area contributed by atoms with Crippen molar-refractivity contribution >= 4 is 11.6 Å². The third-order valence-corrected chi connectivity index (χ3v) is 4.26. The Labute approximate surface area is 119 Å². The van der Waals surface area contributed by atoms with E-state index in [2.05, 4.69) is 19.2 Å². The highest BCUT2D eigenvalue weighted by molar-refractivity contribution is 5.94. The molecule has 1 aliphatic carbocycles. The quantitative estimate of drug-likeness (QED) is 0.885. The van der Waals surface area contributed by atoms with Crippen LogP contribution in [0.2, 0.25) is 0 Å². The topological polar surface area (TPSA) is 55.1 Å². The third-order valence-electron chi connectivity index (χ3n) is 4.26. The molecule has 2 unspecified atom stereocenters. The molecule has 1 aliphatic rings. The number of amides is 1. The first-order valence-electron chi connectivity index (χ1n) is 7.33. The molecule has 1 saturated carbocycles. The highest BCUT2D eigenvalue weighted by atomic mass is 19.1. The van der Waals surface area contributed by atoms with E-state index in [1.54, 1.807) is 6.07 Å². The number of halogens is 1. The van der Waals surface area contributed by atoms with Crippen LogP contribution >= 0.6 is 0 Å². The minimum absolute atomic E-state index is 0.0498. The molecule has 0 heterocycles. The van der Waals surface area contributed by atoms with Gasteiger partial charge in [-0.3, -0.25) is 4.79 Å². The molecule has 1 fully saturated rings. The van der Waals surface area contributed by atoms with Crippen molar-refractivity contribution in [1.82, 2.24) is 0 Å². The maximum absolute atomic E-state index is 13.4. The van der Waals surface area contributed by atoms with Gasteiger partial charge >= 0.3 is 0 Å². The number of carbonyl (C=O) groups is 1. The van der Waals surface area contributed by atoms with Gasteiger partial charge in [0.05, 0.1) is 5.56 Å². The molecule has 4 heteroatoms. The van der Waals surface area contributed by atoms with E-state index in [0.29, 0.717) is 12.0 Å². The van der Waals surface area contributed by atoms with Crippen LogP contribution in [0.25, 0.3) is 0 Å². The van der Waals surface area contributed by atoms with Crippen LogP contribution in [0.3, 0.4) is 0 Å². The highest BCUT2D eigenvalue weighted by Gasteiger charge is 2.24. The van der Waals surface area contributed by atoms with Gasteiger partial charge in [0.1, 0.15) is 5.82 Å². The predicted molar refractivity (Wildman–Crippen MR) is 79.1 cm³/mol. The lowest BCUT2D eigenvalue weighted by Crippen LogP contribution is -2.29. The largest absolute Gasteiger partial charge is 0.382 e. The lowest BCUT2D eigenvalue weighted by atomic mass is 9.79. The first-order valence-corrected chi connectivity index (χ1v) is 7.33. The SMILES string of the molecule is CC(C)C1CCCC(Nc2ccc(F)c(C(N)=O)c2)C1. The third kappa shape index (κ3) is 3.50. The molecule has 1 aromatic carbocycles. The van der Waals surface area contributed by atoms with Crippen LogP contribution in [0, 0.1) is 17.7 Å². The molecule has 0 bridgehead atoms. The molecular weight excluding hydrogens is 255 g/mol. The van der Waals surface area contributed by atoms with Crippen LogP contribution < -0.4 is 11.1 Å². The van der Waals surface area contributed by atoms with E-state index in [4.69, 9.17) is 5.73 Å². The average Bonchev–Trinajstić information content (AvgIpc) is 2.41. The zero-order valence-electron chi connectivity index (χ0n) is 12.2. The minimum atomic E-state index is -0.727. The Balaban J connectivity index is 2.06. The molecule has 3 N–H and O–H groups in total. The predicted octanol–water partition coefficient (Wildman–Crippen LogP) is 3.55. The number of carbonyl (C=O) groups excluding carboxylic acids is 1. The van der Waals surface area contributed by atoms with Gasteiger partial charge in [-0.05, 0) is 42.9 Å². The molecule has 2 rings (SSSR count). The number of hydrogen-bond acceptors (Lipinski definition) is 2. The standard InChI is InChI=1S/C16H23FN2O/c1-10(2)11-4-3-5-12(8-11)19-13-6-7-15(17)14(9-13)16(18)20/h6-7,9-12,19H,3-5,8H2,1-2H3,(H2,18,20). The van der Waals surface area contributed by atoms with Crippen LogP contribution in [0.5, 0.6) is 0 Å². The summed E-state index contributed by atoms with van der Waals surface area (Å²) in [7, 11) is 0. The van der Waals surface area contributed by atoms with Gasteiger partial charge in [0.2, 0.25) is 0 Å². The van der Waals surface area contributed by atoms with Gasteiger partial charge in [0.15, 0.2) is 0 Å². The number of anilines is 1. The van der Waals surface area contributed by atoms with Crippen molar-refractivity contribution in [1.29, 1.82) is 0 Å². The number of hydrogen-bond donors (Lipinski definition) is 2. The summed E-state index contributed by atoms with van der Waals surface area (Å²) in [5.41, 5.74) is 5.89. The summed E-state index contributed by atoms with van der Waals surface area (Å²) in [5, 5.41) is 3.41. The minimum Gasteiger partial charge on any atom is -0.382 e. The van der Waals surface area contributed by atoms with Crippen LogP contribution in [0.15, 0.2) is 18.2 Å². The fourth-order valence-electron chi connectivity index (χ4n) is 3.00. The Morgan fingerprint density at radius 2 is 2.15 bits per heavy atom. The van der Waals surface area contributed by atoms with Crippen molar-refractivity contribution in [3.8, 4) is 0 Å². The molecular formula is C16H23FN2O. The van der Waals surface area contributed by atoms with Gasteiger partial charge in [-0.25, -0.2) is 4.39 Å². The number of primary amides is 1. The number of rotatable bonds is 4. The molecule has 3 nitrogen and oxygen atoms in total. The zero-order valence-corrected chi connectivity index (χ0v) is 12.2. The first kappa shape index (κ1) is 14.8. The van der Waals surface area contributed by atoms with Crippen molar-refractivity contribution in [2.75, 3.05) is 5.32 Å². The Bertz CT molecular complexity index is 487. The number of benzene rings is 1. The van der Waals surface area contributed by atoms with E-state index in [1.807, 2.05) is 0 Å². The second kappa shape index (κ2) is 6.25. The lowest BCUT2D eigenvalue weighted by Gasteiger charge is -2.32. The Hall–Kier alpha value is -1.58. The second-order valence-corrected chi connectivity index (χ2v) is 6.07. The molecule has 1 aromatic rings. The summed E-state index contributed by atoms with van der Waals surface area (Å²) in [6, 6.07) is 4.87. The van der Waals surface area contributed by atoms with E-state index in [1.165, 1.54) is 25.0 Å². The van der Waals surface area contributed by atoms with E-state index in [-0.39, 0.29) is 5.56 Å². The molecule has 2 atom stereocenters. The highest BCUT2D eigenvalue weighted by Crippen LogP contribution is 2.31. The van der Waals surface area contributed by atoms with Crippen molar-refractivity contribution < 1.29 is 9.18 Å². The molecule has 0 saturated heterocycles. The zero-order chi connectivity index (χ0) is 14.7. The fraction of sp³-hybridized carbons (Fsp3) is 0.562. The first-order chi connectivity index (χ1) is 9.47. The van der Waals surface area contributed by atoms with E-state index < -0.39 is 11.7 Å². The van der Waals surface area contributed by atoms with Crippen LogP contribution in [-0.4, -0.2) is 11.9 Å². The van der Waals surface area contributed by atoms with Gasteiger partial charge in [-0.1, -0.05) is 26.7 Å². The van der Waals surface area contributed by atoms with E-state index >= 15 is 0 Å². The lowest BCUT2D eigenvalue weighted by molar-refractivity contribution is 0.0996. The van der Waals surface area contributed by atoms with Crippen molar-refractivity contribution in [2.45, 2.75) is 45.6 Å². The van der Waals surface area contributed by atoms with E-state index in [0.717, 1.165) is 24.4 Å². The van der Waals surface area contributed by atoms with Gasteiger partial charge < -0.3 is 11.1 Å². The van der Waals surface area contributed by atoms with E-state index in [9.17, 15) is 9.18 Å². The summed E-state index contributed by atoms with van der Waals surface area (Å²) in [5.74, 6) is 0.132. The molecule has 0 spiro atoms. The molecule has 0 aliphatic heterocycles. The molecule has 0 aromatic heterocycles. The Kier molecular flexibility index (Phi) is 4.63. The van der Waals surface area contributed by atoms with Crippen molar-refractivity contribution in [2.24, 2.45) is 17.6 Å².